The van der Waals surface area contributed by atoms with Gasteiger partial charge in [0, 0.05) is 11.3 Å². The number of rotatable bonds is 1. The molecule has 2 nitrogen and oxygen atoms in total. The first-order chi connectivity index (χ1) is 7.29. The fourth-order valence-corrected chi connectivity index (χ4v) is 1.50. The topological polar surface area (TPSA) is 28.7 Å². The summed E-state index contributed by atoms with van der Waals surface area (Å²) in [6.07, 6.45) is 1.87. The third-order valence-corrected chi connectivity index (χ3v) is 2.27. The highest BCUT2D eigenvalue weighted by Crippen LogP contribution is 2.24. The number of hydrogen-bond donors (Lipinski definition) is 1. The predicted molar refractivity (Wildman–Crippen MR) is 64.8 cm³/mol. The number of H-pyrrole nitrogens is 1. The normalized spacial score (nSPS) is 9.33. The molecule has 0 fully saturated rings. The van der Waals surface area contributed by atoms with Crippen molar-refractivity contribution in [2.24, 2.45) is 0 Å². The Bertz CT molecular complexity index is 416. The Kier molecular flexibility index (Phi) is 4.10. The Labute approximate surface area is 91.4 Å². The van der Waals surface area contributed by atoms with E-state index in [9.17, 15) is 0 Å². The monoisotopic (exact) mass is 202 g/mol. The first kappa shape index (κ1) is 11.5. The summed E-state index contributed by atoms with van der Waals surface area (Å²) < 4.78 is 0. The number of nitrogens with zero attached hydrogens (tertiary/aromatic N) is 1. The summed E-state index contributed by atoms with van der Waals surface area (Å²) in [6, 6.07) is 8.33. The molecular weight excluding hydrogens is 184 g/mol. The van der Waals surface area contributed by atoms with Gasteiger partial charge in [0.2, 0.25) is 0 Å². The maximum atomic E-state index is 4.01. The number of benzene rings is 1. The van der Waals surface area contributed by atoms with Crippen LogP contribution in [0.15, 0.2) is 30.5 Å². The van der Waals surface area contributed by atoms with Gasteiger partial charge in [-0.3, -0.25) is 5.10 Å². The molecule has 1 heterocycles. The maximum Gasteiger partial charge on any atom is 0.0568 e. The van der Waals surface area contributed by atoms with E-state index in [0.29, 0.717) is 0 Å². The minimum Gasteiger partial charge on any atom is -0.282 e. The van der Waals surface area contributed by atoms with Gasteiger partial charge in [-0.15, -0.1) is 0 Å². The van der Waals surface area contributed by atoms with E-state index >= 15 is 0 Å². The van der Waals surface area contributed by atoms with Crippen LogP contribution < -0.4 is 0 Å². The van der Waals surface area contributed by atoms with Crippen molar-refractivity contribution in [2.45, 2.75) is 27.7 Å². The molecular formula is C13H18N2. The molecule has 0 aliphatic heterocycles. The second-order valence-corrected chi connectivity index (χ2v) is 3.22. The van der Waals surface area contributed by atoms with Gasteiger partial charge in [-0.05, 0) is 25.0 Å². The van der Waals surface area contributed by atoms with Gasteiger partial charge >= 0.3 is 0 Å². The van der Waals surface area contributed by atoms with Crippen LogP contribution in [0.25, 0.3) is 11.1 Å². The lowest BCUT2D eigenvalue weighted by atomic mass is 10.0. The quantitative estimate of drug-likeness (QED) is 0.750. The Balaban J connectivity index is 0.000000531. The zero-order chi connectivity index (χ0) is 11.3. The van der Waals surface area contributed by atoms with Crippen LogP contribution in [0.3, 0.4) is 0 Å². The van der Waals surface area contributed by atoms with Gasteiger partial charge in [-0.2, -0.15) is 5.10 Å². The van der Waals surface area contributed by atoms with E-state index < -0.39 is 0 Å². The van der Waals surface area contributed by atoms with E-state index in [2.05, 4.69) is 35.3 Å². The molecule has 0 radical (unpaired) electrons. The molecule has 15 heavy (non-hydrogen) atoms. The number of aryl methyl sites for hydroxylation is 2. The smallest absolute Gasteiger partial charge is 0.0568 e. The number of aromatic amines is 1. The van der Waals surface area contributed by atoms with Crippen LogP contribution in [0.1, 0.15) is 25.1 Å². The van der Waals surface area contributed by atoms with Crippen LogP contribution in [0, 0.1) is 13.8 Å². The maximum absolute atomic E-state index is 4.01. The second kappa shape index (κ2) is 5.35. The van der Waals surface area contributed by atoms with E-state index in [-0.39, 0.29) is 0 Å². The molecule has 0 saturated carbocycles. The third-order valence-electron chi connectivity index (χ3n) is 2.27. The van der Waals surface area contributed by atoms with Crippen LogP contribution in [-0.4, -0.2) is 10.2 Å². The molecule has 0 unspecified atom stereocenters. The van der Waals surface area contributed by atoms with Gasteiger partial charge in [0.05, 0.1) is 6.20 Å². The van der Waals surface area contributed by atoms with Gasteiger partial charge in [0.1, 0.15) is 0 Å². The number of aromatic nitrogens is 2. The molecule has 0 bridgehead atoms. The Hall–Kier alpha value is -1.57. The van der Waals surface area contributed by atoms with Crippen molar-refractivity contribution < 1.29 is 0 Å². The van der Waals surface area contributed by atoms with Gasteiger partial charge in [-0.25, -0.2) is 0 Å². The molecule has 1 aromatic carbocycles. The largest absolute Gasteiger partial charge is 0.282 e. The van der Waals surface area contributed by atoms with Crippen molar-refractivity contribution in [3.8, 4) is 11.1 Å². The van der Waals surface area contributed by atoms with Gasteiger partial charge < -0.3 is 0 Å². The second-order valence-electron chi connectivity index (χ2n) is 3.22. The summed E-state index contributed by atoms with van der Waals surface area (Å²) >= 11 is 0. The Morgan fingerprint density at radius 3 is 2.20 bits per heavy atom. The third kappa shape index (κ3) is 2.46. The first-order valence-corrected chi connectivity index (χ1v) is 5.35. The van der Waals surface area contributed by atoms with E-state index in [1.165, 1.54) is 16.7 Å². The van der Waals surface area contributed by atoms with Gasteiger partial charge in [0.25, 0.3) is 0 Å². The van der Waals surface area contributed by atoms with Crippen molar-refractivity contribution in [2.75, 3.05) is 0 Å². The lowest BCUT2D eigenvalue weighted by Crippen LogP contribution is -1.82. The SMILES string of the molecule is CC.Cc1ccccc1-c1cn[nH]c1C. The highest BCUT2D eigenvalue weighted by atomic mass is 15.1. The van der Waals surface area contributed by atoms with Crippen LogP contribution in [0.5, 0.6) is 0 Å². The average molecular weight is 202 g/mol. The predicted octanol–water partition coefficient (Wildman–Crippen LogP) is 3.72. The van der Waals surface area contributed by atoms with Crippen molar-refractivity contribution in [1.29, 1.82) is 0 Å². The highest BCUT2D eigenvalue weighted by Gasteiger charge is 2.04. The van der Waals surface area contributed by atoms with Crippen molar-refractivity contribution in [3.05, 3.63) is 41.7 Å². The molecule has 2 rings (SSSR count). The van der Waals surface area contributed by atoms with Gasteiger partial charge in [-0.1, -0.05) is 38.1 Å². The lowest BCUT2D eigenvalue weighted by molar-refractivity contribution is 1.05. The summed E-state index contributed by atoms with van der Waals surface area (Å²) in [5.41, 5.74) is 4.85. The molecule has 0 aliphatic rings. The number of hydrogen-bond acceptors (Lipinski definition) is 1. The standard InChI is InChI=1S/C11H12N2.C2H6/c1-8-5-3-4-6-10(8)11-7-12-13-9(11)2;1-2/h3-7H,1-2H3,(H,12,13);1-2H3. The van der Waals surface area contributed by atoms with Crippen LogP contribution in [0.2, 0.25) is 0 Å². The van der Waals surface area contributed by atoms with E-state index in [0.717, 1.165) is 5.69 Å². The van der Waals surface area contributed by atoms with Crippen molar-refractivity contribution in [3.63, 3.8) is 0 Å². The molecule has 80 valence electrons. The van der Waals surface area contributed by atoms with E-state index in [1.54, 1.807) is 0 Å². The van der Waals surface area contributed by atoms with Gasteiger partial charge in [0.15, 0.2) is 0 Å². The average Bonchev–Trinajstić information content (AvgIpc) is 2.68. The number of nitrogens with one attached hydrogen (secondary N) is 1. The molecule has 0 amide bonds. The first-order valence-electron chi connectivity index (χ1n) is 5.35. The van der Waals surface area contributed by atoms with Crippen LogP contribution in [0.4, 0.5) is 0 Å². The fraction of sp³-hybridized carbons (Fsp3) is 0.308. The molecule has 0 aliphatic carbocycles. The van der Waals surface area contributed by atoms with Crippen molar-refractivity contribution >= 4 is 0 Å². The molecule has 0 spiro atoms. The minimum atomic E-state index is 1.12. The molecule has 1 N–H and O–H groups in total. The summed E-state index contributed by atoms with van der Waals surface area (Å²) in [5.74, 6) is 0. The zero-order valence-electron chi connectivity index (χ0n) is 9.83. The Morgan fingerprint density at radius 1 is 1.00 bits per heavy atom. The summed E-state index contributed by atoms with van der Waals surface area (Å²) in [7, 11) is 0. The van der Waals surface area contributed by atoms with Crippen LogP contribution in [-0.2, 0) is 0 Å². The molecule has 0 atom stereocenters. The summed E-state index contributed by atoms with van der Waals surface area (Å²) in [5, 5.41) is 6.96. The van der Waals surface area contributed by atoms with Crippen LogP contribution >= 0.6 is 0 Å². The highest BCUT2D eigenvalue weighted by molar-refractivity contribution is 5.68. The Morgan fingerprint density at radius 2 is 1.67 bits per heavy atom. The summed E-state index contributed by atoms with van der Waals surface area (Å²) in [4.78, 5) is 0. The van der Waals surface area contributed by atoms with E-state index in [1.807, 2.05) is 33.0 Å². The molecule has 2 heteroatoms. The minimum absolute atomic E-state index is 1.12. The lowest BCUT2D eigenvalue weighted by Gasteiger charge is -2.02. The molecule has 1 aromatic heterocycles. The van der Waals surface area contributed by atoms with Crippen molar-refractivity contribution in [1.82, 2.24) is 10.2 Å². The molecule has 0 saturated heterocycles. The summed E-state index contributed by atoms with van der Waals surface area (Å²) in [6.45, 7) is 8.15. The zero-order valence-corrected chi connectivity index (χ0v) is 9.83. The van der Waals surface area contributed by atoms with E-state index in [4.69, 9.17) is 0 Å². The fourth-order valence-electron chi connectivity index (χ4n) is 1.50. The molecule has 2 aromatic rings.